The van der Waals surface area contributed by atoms with Crippen molar-refractivity contribution in [1.82, 2.24) is 4.98 Å². The summed E-state index contributed by atoms with van der Waals surface area (Å²) >= 11 is 1.14. The minimum absolute atomic E-state index is 0.107. The molecule has 0 saturated carbocycles. The molecule has 3 aromatic rings. The molecular weight excluding hydrogens is 389 g/mol. The SMILES string of the molecule is COC(=O)c1ccc(F)c(NC(=O)Cc2csc(NC(=O)c3ccco3)n2)c1. The lowest BCUT2D eigenvalue weighted by molar-refractivity contribution is -0.115. The zero-order chi connectivity index (χ0) is 20.1. The van der Waals surface area contributed by atoms with Crippen molar-refractivity contribution in [1.29, 1.82) is 0 Å². The number of benzene rings is 1. The summed E-state index contributed by atoms with van der Waals surface area (Å²) in [6.07, 6.45) is 1.23. The van der Waals surface area contributed by atoms with Crippen LogP contribution < -0.4 is 10.6 Å². The molecule has 0 atom stereocenters. The van der Waals surface area contributed by atoms with Gasteiger partial charge in [-0.25, -0.2) is 14.2 Å². The normalized spacial score (nSPS) is 10.4. The Bertz CT molecular complexity index is 1020. The van der Waals surface area contributed by atoms with Gasteiger partial charge in [-0.1, -0.05) is 0 Å². The van der Waals surface area contributed by atoms with Crippen LogP contribution in [-0.2, 0) is 16.0 Å². The van der Waals surface area contributed by atoms with E-state index in [0.717, 1.165) is 17.4 Å². The number of aromatic nitrogens is 1. The molecule has 2 aromatic heterocycles. The molecule has 0 saturated heterocycles. The summed E-state index contributed by atoms with van der Waals surface area (Å²) in [7, 11) is 1.20. The molecule has 0 aliphatic carbocycles. The average Bonchev–Trinajstić information content (AvgIpc) is 3.35. The van der Waals surface area contributed by atoms with Crippen LogP contribution in [0.4, 0.5) is 15.2 Å². The minimum atomic E-state index is -0.689. The molecule has 0 aliphatic heterocycles. The molecule has 2 heterocycles. The third kappa shape index (κ3) is 4.60. The zero-order valence-electron chi connectivity index (χ0n) is 14.5. The smallest absolute Gasteiger partial charge is 0.337 e. The molecule has 0 spiro atoms. The van der Waals surface area contributed by atoms with Gasteiger partial charge in [-0.3, -0.25) is 14.9 Å². The summed E-state index contributed by atoms with van der Waals surface area (Å²) in [4.78, 5) is 39.7. The second-order valence-corrected chi connectivity index (χ2v) is 6.34. The average molecular weight is 403 g/mol. The predicted molar refractivity (Wildman–Crippen MR) is 98.8 cm³/mol. The van der Waals surface area contributed by atoms with Gasteiger partial charge in [0.2, 0.25) is 5.91 Å². The van der Waals surface area contributed by atoms with Gasteiger partial charge in [-0.15, -0.1) is 11.3 Å². The predicted octanol–water partition coefficient (Wildman–Crippen LogP) is 3.10. The number of nitrogens with zero attached hydrogens (tertiary/aromatic N) is 1. The molecule has 8 nitrogen and oxygen atoms in total. The maximum Gasteiger partial charge on any atom is 0.337 e. The molecule has 0 unspecified atom stereocenters. The summed E-state index contributed by atoms with van der Waals surface area (Å²) < 4.78 is 23.4. The molecule has 0 aliphatic rings. The molecule has 1 aromatic carbocycles. The number of esters is 1. The van der Waals surface area contributed by atoms with Crippen LogP contribution in [0.2, 0.25) is 0 Å². The molecule has 3 rings (SSSR count). The van der Waals surface area contributed by atoms with Crippen LogP contribution in [0.3, 0.4) is 0 Å². The number of methoxy groups -OCH3 is 1. The van der Waals surface area contributed by atoms with Gasteiger partial charge < -0.3 is 14.5 Å². The number of carbonyl (C=O) groups is 3. The summed E-state index contributed by atoms with van der Waals surface area (Å²) in [5.74, 6) is -2.19. The van der Waals surface area contributed by atoms with E-state index in [1.54, 1.807) is 11.4 Å². The Morgan fingerprint density at radius 3 is 2.79 bits per heavy atom. The standard InChI is InChI=1S/C18H14FN3O5S/c1-26-17(25)10-4-5-12(19)13(7-10)21-15(23)8-11-9-28-18(20-11)22-16(24)14-3-2-6-27-14/h2-7,9H,8H2,1H3,(H,21,23)(H,20,22,24). The molecule has 0 radical (unpaired) electrons. The van der Waals surface area contributed by atoms with Crippen LogP contribution in [0.15, 0.2) is 46.4 Å². The van der Waals surface area contributed by atoms with E-state index in [-0.39, 0.29) is 23.4 Å². The molecular formula is C18H14FN3O5S. The van der Waals surface area contributed by atoms with Crippen LogP contribution in [-0.4, -0.2) is 29.9 Å². The highest BCUT2D eigenvalue weighted by atomic mass is 32.1. The highest BCUT2D eigenvalue weighted by Gasteiger charge is 2.15. The van der Waals surface area contributed by atoms with Crippen molar-refractivity contribution in [3.8, 4) is 0 Å². The third-order valence-electron chi connectivity index (χ3n) is 3.52. The lowest BCUT2D eigenvalue weighted by Crippen LogP contribution is -2.16. The number of carbonyl (C=O) groups excluding carboxylic acids is 3. The number of anilines is 2. The number of rotatable bonds is 6. The third-order valence-corrected chi connectivity index (χ3v) is 4.33. The Morgan fingerprint density at radius 1 is 1.25 bits per heavy atom. The van der Waals surface area contributed by atoms with Crippen LogP contribution in [0.1, 0.15) is 26.6 Å². The van der Waals surface area contributed by atoms with Gasteiger partial charge in [-0.2, -0.15) is 0 Å². The molecule has 144 valence electrons. The minimum Gasteiger partial charge on any atom is -0.465 e. The second kappa shape index (κ2) is 8.44. The maximum absolute atomic E-state index is 13.9. The fraction of sp³-hybridized carbons (Fsp3) is 0.111. The van der Waals surface area contributed by atoms with Gasteiger partial charge in [0.1, 0.15) is 5.82 Å². The molecule has 28 heavy (non-hydrogen) atoms. The number of furan rings is 1. The number of amides is 2. The Balaban J connectivity index is 1.62. The highest BCUT2D eigenvalue weighted by molar-refractivity contribution is 7.14. The number of ether oxygens (including phenoxy) is 1. The Labute approximate surface area is 162 Å². The number of hydrogen-bond acceptors (Lipinski definition) is 7. The van der Waals surface area contributed by atoms with Crippen LogP contribution in [0.25, 0.3) is 0 Å². The van der Waals surface area contributed by atoms with Gasteiger partial charge >= 0.3 is 5.97 Å². The number of halogens is 1. The van der Waals surface area contributed by atoms with Gasteiger partial charge in [-0.05, 0) is 30.3 Å². The fourth-order valence-electron chi connectivity index (χ4n) is 2.24. The van der Waals surface area contributed by atoms with Crippen molar-refractivity contribution in [2.45, 2.75) is 6.42 Å². The van der Waals surface area contributed by atoms with Gasteiger partial charge in [0.05, 0.1) is 36.7 Å². The fourth-order valence-corrected chi connectivity index (χ4v) is 2.94. The summed E-state index contributed by atoms with van der Waals surface area (Å²) in [6.45, 7) is 0. The quantitative estimate of drug-likeness (QED) is 0.612. The van der Waals surface area contributed by atoms with Crippen molar-refractivity contribution >= 4 is 39.9 Å². The zero-order valence-corrected chi connectivity index (χ0v) is 15.3. The molecule has 10 heteroatoms. The van der Waals surface area contributed by atoms with Crippen LogP contribution in [0.5, 0.6) is 0 Å². The number of thiazole rings is 1. The Morgan fingerprint density at radius 2 is 2.07 bits per heavy atom. The highest BCUT2D eigenvalue weighted by Crippen LogP contribution is 2.19. The van der Waals surface area contributed by atoms with E-state index in [4.69, 9.17) is 4.42 Å². The van der Waals surface area contributed by atoms with Gasteiger partial charge in [0.25, 0.3) is 5.91 Å². The van der Waals surface area contributed by atoms with Crippen LogP contribution in [0, 0.1) is 5.82 Å². The largest absolute Gasteiger partial charge is 0.465 e. The van der Waals surface area contributed by atoms with Gasteiger partial charge in [0.15, 0.2) is 10.9 Å². The lowest BCUT2D eigenvalue weighted by atomic mass is 10.2. The first-order valence-corrected chi connectivity index (χ1v) is 8.81. The van der Waals surface area contributed by atoms with E-state index in [1.807, 2.05) is 0 Å². The Hall–Kier alpha value is -3.53. The summed E-state index contributed by atoms with van der Waals surface area (Å²) in [5.41, 5.74) is 0.354. The molecule has 2 N–H and O–H groups in total. The lowest BCUT2D eigenvalue weighted by Gasteiger charge is -2.07. The molecule has 2 amide bonds. The number of hydrogen-bond donors (Lipinski definition) is 2. The molecule has 0 fully saturated rings. The van der Waals surface area contributed by atoms with E-state index in [0.29, 0.717) is 10.8 Å². The van der Waals surface area contributed by atoms with Crippen molar-refractivity contribution in [3.63, 3.8) is 0 Å². The van der Waals surface area contributed by atoms with Crippen molar-refractivity contribution in [3.05, 3.63) is 64.8 Å². The summed E-state index contributed by atoms with van der Waals surface area (Å²) in [6, 6.07) is 6.60. The van der Waals surface area contributed by atoms with E-state index in [1.165, 1.54) is 31.6 Å². The number of nitrogens with one attached hydrogen (secondary N) is 2. The first kappa shape index (κ1) is 19.2. The Kier molecular flexibility index (Phi) is 5.80. The second-order valence-electron chi connectivity index (χ2n) is 5.49. The maximum atomic E-state index is 13.9. The first-order valence-electron chi connectivity index (χ1n) is 7.93. The van der Waals surface area contributed by atoms with Gasteiger partial charge in [0, 0.05) is 5.38 Å². The first-order chi connectivity index (χ1) is 13.5. The molecule has 0 bridgehead atoms. The summed E-state index contributed by atoms with van der Waals surface area (Å²) in [5, 5.41) is 6.84. The van der Waals surface area contributed by atoms with Crippen molar-refractivity contribution < 1.29 is 27.9 Å². The monoisotopic (exact) mass is 403 g/mol. The van der Waals surface area contributed by atoms with E-state index in [2.05, 4.69) is 20.4 Å². The van der Waals surface area contributed by atoms with E-state index < -0.39 is 23.6 Å². The van der Waals surface area contributed by atoms with Crippen LogP contribution >= 0.6 is 11.3 Å². The van der Waals surface area contributed by atoms with Crippen molar-refractivity contribution in [2.24, 2.45) is 0 Å². The topological polar surface area (TPSA) is 111 Å². The van der Waals surface area contributed by atoms with Crippen molar-refractivity contribution in [2.75, 3.05) is 17.7 Å². The van der Waals surface area contributed by atoms with E-state index >= 15 is 0 Å². The van der Waals surface area contributed by atoms with E-state index in [9.17, 15) is 18.8 Å².